The Balaban J connectivity index is 0.000000108. The number of pyridine rings is 6. The van der Waals surface area contributed by atoms with E-state index < -0.39 is 5.89 Å². The second-order valence-electron chi connectivity index (χ2n) is 31.1. The van der Waals surface area contributed by atoms with Crippen molar-refractivity contribution in [3.63, 3.8) is 0 Å². The highest BCUT2D eigenvalue weighted by Crippen LogP contribution is 2.43. The summed E-state index contributed by atoms with van der Waals surface area (Å²) in [5, 5.41) is 11.5. The van der Waals surface area contributed by atoms with Gasteiger partial charge in [-0.15, -0.1) is 0 Å². The molecule has 0 saturated carbocycles. The van der Waals surface area contributed by atoms with Crippen LogP contribution in [0.2, 0.25) is 0 Å². The van der Waals surface area contributed by atoms with Crippen molar-refractivity contribution in [2.75, 3.05) is 0 Å². The number of aromatic nitrogens is 6. The Labute approximate surface area is 666 Å². The highest BCUT2D eigenvalue weighted by atomic mass is 16.3. The molecule has 0 radical (unpaired) electrons. The summed E-state index contributed by atoms with van der Waals surface area (Å²) in [5.74, 6) is -0.140. The number of rotatable bonds is 7. The molecule has 11 aromatic heterocycles. The van der Waals surface area contributed by atoms with Crippen LogP contribution in [0.1, 0.15) is 96.6 Å². The molecular weight excluding hydrogens is 1400 g/mol. The molecule has 20 aromatic rings. The maximum absolute atomic E-state index is 8.37. The SMILES string of the molecule is Cc1cc[n+](C)c(-c2c(C)ccc3c2oc2ccccc23)c1.Cc1cc[n+](C)c(-c2c(C)ccc3c2oc2ccccc23)c1.Cc1ccc2c(n1)oc1c(-c3cccc[n+]3C)c(C)ccc12.Cc1ccc2c(oc3ccccc32)c1-c1cc(C(C)C)cc[n+]1C.[2H]C(C)(C)c1cc[n+](C)c(-c2c(C)ccc3c2oc2ccccc23)c1. The molecule has 114 heavy (non-hydrogen) atoms. The fraction of sp³-hybridized carbons (Fsp3) is 0.184. The summed E-state index contributed by atoms with van der Waals surface area (Å²) in [6.07, 6.45) is 10.4. The Morgan fingerprint density at radius 1 is 0.272 bits per heavy atom. The maximum Gasteiger partial charge on any atom is 0.227 e. The maximum atomic E-state index is 8.37. The first-order valence-corrected chi connectivity index (χ1v) is 39.2. The molecule has 0 spiro atoms. The van der Waals surface area contributed by atoms with Crippen LogP contribution in [0.15, 0.2) is 290 Å². The molecule has 0 saturated heterocycles. The molecule has 11 heteroatoms. The first-order chi connectivity index (χ1) is 55.4. The average molecular weight is 1500 g/mol. The Morgan fingerprint density at radius 3 is 0.939 bits per heavy atom. The largest absolute Gasteiger partial charge is 0.455 e. The van der Waals surface area contributed by atoms with Gasteiger partial charge in [-0.2, -0.15) is 0 Å². The zero-order valence-corrected chi connectivity index (χ0v) is 68.2. The smallest absolute Gasteiger partial charge is 0.227 e. The lowest BCUT2D eigenvalue weighted by Gasteiger charge is -2.09. The Kier molecular flexibility index (Phi) is 19.9. The number of para-hydroxylation sites is 4. The van der Waals surface area contributed by atoms with Crippen molar-refractivity contribution >= 4 is 110 Å². The quantitative estimate of drug-likeness (QED) is 0.147. The predicted molar refractivity (Wildman–Crippen MR) is 466 cm³/mol. The standard InChI is InChI=1S/2C22H22NO.2C20H18NO.C19H17N2O/c2*1-14(2)16-11-12-23(4)19(13-16)21-15(3)9-10-18-17-7-5-6-8-20(17)24-22(18)21;2*1-13-10-11-21(3)17(12-13)19-14(2)8-9-16-15-6-4-5-7-18(15)22-20(16)19;1-12-7-9-14-15-10-8-13(2)20-19(15)22-18(14)17(12)16-6-4-5-11-21(16)3/h2*5-14H,1-4H3;2*4-12H,1-3H3;4-11H,1-3H3/q5*+1/i14D;;;;. The highest BCUT2D eigenvalue weighted by Gasteiger charge is 2.27. The van der Waals surface area contributed by atoms with E-state index in [1.54, 1.807) is 0 Å². The molecule has 0 atom stereocenters. The molecule has 0 fully saturated rings. The van der Waals surface area contributed by atoms with E-state index >= 15 is 0 Å². The lowest BCUT2D eigenvalue weighted by Crippen LogP contribution is -2.31. The number of aryl methyl sites for hydroxylation is 13. The van der Waals surface area contributed by atoms with Crippen molar-refractivity contribution < 1.29 is 46.3 Å². The summed E-state index contributed by atoms with van der Waals surface area (Å²) in [7, 11) is 10.3. The minimum absolute atomic E-state index is 0.500. The van der Waals surface area contributed by atoms with Gasteiger partial charge in [0.15, 0.2) is 36.6 Å². The van der Waals surface area contributed by atoms with E-state index in [1.165, 1.54) is 111 Å². The minimum atomic E-state index is -0.640. The first kappa shape index (κ1) is 73.7. The van der Waals surface area contributed by atoms with Gasteiger partial charge in [-0.3, -0.25) is 0 Å². The van der Waals surface area contributed by atoms with Crippen LogP contribution in [-0.4, -0.2) is 4.98 Å². The fourth-order valence-electron chi connectivity index (χ4n) is 16.0. The molecule has 0 unspecified atom stereocenters. The molecule has 0 amide bonds. The van der Waals surface area contributed by atoms with Crippen LogP contribution in [0, 0.1) is 55.4 Å². The Bertz CT molecular complexity index is 7010. The van der Waals surface area contributed by atoms with Crippen LogP contribution in [0.5, 0.6) is 0 Å². The second-order valence-corrected chi connectivity index (χ2v) is 31.1. The van der Waals surface area contributed by atoms with Gasteiger partial charge in [-0.05, 0) is 160 Å². The summed E-state index contributed by atoms with van der Waals surface area (Å²) < 4.78 is 50.1. The zero-order valence-electron chi connectivity index (χ0n) is 69.2. The minimum Gasteiger partial charge on any atom is -0.455 e. The van der Waals surface area contributed by atoms with Crippen molar-refractivity contribution in [1.82, 2.24) is 4.98 Å². The number of benzene rings is 9. The van der Waals surface area contributed by atoms with Crippen molar-refractivity contribution in [2.45, 2.75) is 94.9 Å². The number of hydrogen-bond acceptors (Lipinski definition) is 6. The van der Waals surface area contributed by atoms with Crippen molar-refractivity contribution in [3.8, 4) is 56.3 Å². The zero-order chi connectivity index (χ0) is 80.4. The van der Waals surface area contributed by atoms with Gasteiger partial charge in [-0.1, -0.05) is 161 Å². The summed E-state index contributed by atoms with van der Waals surface area (Å²) in [6.45, 7) is 25.2. The monoisotopic (exact) mass is 1500 g/mol. The highest BCUT2D eigenvalue weighted by molar-refractivity contribution is 6.14. The van der Waals surface area contributed by atoms with E-state index in [0.29, 0.717) is 11.6 Å². The molecule has 0 N–H and O–H groups in total. The van der Waals surface area contributed by atoms with Gasteiger partial charge in [0.2, 0.25) is 34.2 Å². The molecule has 20 rings (SSSR count). The molecular formula is C103H97N6O5+5. The van der Waals surface area contributed by atoms with Crippen LogP contribution < -0.4 is 22.8 Å². The normalized spacial score (nSPS) is 11.8. The van der Waals surface area contributed by atoms with Gasteiger partial charge in [0.25, 0.3) is 0 Å². The number of furan rings is 5. The van der Waals surface area contributed by atoms with E-state index in [4.69, 9.17) is 23.5 Å². The number of nitrogens with zero attached hydrogens (tertiary/aromatic N) is 6. The third-order valence-electron chi connectivity index (χ3n) is 22.4. The third-order valence-corrected chi connectivity index (χ3v) is 22.4. The Morgan fingerprint density at radius 2 is 0.570 bits per heavy atom. The summed E-state index contributed by atoms with van der Waals surface area (Å²) in [5.41, 5.74) is 32.6. The topological polar surface area (TPSA) is 98.0 Å². The van der Waals surface area contributed by atoms with Gasteiger partial charge in [0.05, 0.1) is 27.8 Å². The van der Waals surface area contributed by atoms with E-state index in [9.17, 15) is 0 Å². The Hall–Kier alpha value is -13.1. The molecule has 11 nitrogen and oxygen atoms in total. The number of fused-ring (bicyclic) bond motifs is 15. The number of hydrogen-bond donors (Lipinski definition) is 0. The molecule has 0 bridgehead atoms. The second kappa shape index (κ2) is 30.9. The van der Waals surface area contributed by atoms with Gasteiger partial charge in [-0.25, -0.2) is 27.8 Å². The lowest BCUT2D eigenvalue weighted by molar-refractivity contribution is -0.660. The van der Waals surface area contributed by atoms with E-state index in [2.05, 4.69) is 307 Å². The van der Waals surface area contributed by atoms with Crippen molar-refractivity contribution in [1.29, 1.82) is 0 Å². The van der Waals surface area contributed by atoms with Crippen LogP contribution >= 0.6 is 0 Å². The first-order valence-electron chi connectivity index (χ1n) is 39.7. The van der Waals surface area contributed by atoms with Gasteiger partial charge >= 0.3 is 0 Å². The third kappa shape index (κ3) is 14.0. The van der Waals surface area contributed by atoms with Crippen LogP contribution in [-0.2, 0) is 35.2 Å². The molecule has 564 valence electrons. The van der Waals surface area contributed by atoms with Crippen molar-refractivity contribution in [3.05, 3.63) is 323 Å². The average Bonchev–Trinajstić information content (AvgIpc) is 1.65. The summed E-state index contributed by atoms with van der Waals surface area (Å²) in [6, 6.07) is 82.1. The van der Waals surface area contributed by atoms with Crippen LogP contribution in [0.25, 0.3) is 166 Å². The predicted octanol–water partition coefficient (Wildman–Crippen LogP) is 24.5. The van der Waals surface area contributed by atoms with Gasteiger partial charge in [0, 0.05) is 122 Å². The van der Waals surface area contributed by atoms with Crippen molar-refractivity contribution in [2.24, 2.45) is 35.2 Å². The van der Waals surface area contributed by atoms with Crippen LogP contribution in [0.4, 0.5) is 0 Å². The van der Waals surface area contributed by atoms with Gasteiger partial charge in [0.1, 0.15) is 79.9 Å². The molecule has 0 aliphatic heterocycles. The summed E-state index contributed by atoms with van der Waals surface area (Å²) >= 11 is 0. The molecule has 0 aliphatic carbocycles. The molecule has 9 aromatic carbocycles. The van der Waals surface area contributed by atoms with E-state index in [-0.39, 0.29) is 0 Å². The fourth-order valence-corrected chi connectivity index (χ4v) is 16.0. The van der Waals surface area contributed by atoms with E-state index in [1.807, 2.05) is 107 Å². The van der Waals surface area contributed by atoms with Gasteiger partial charge < -0.3 is 22.1 Å². The lowest BCUT2D eigenvalue weighted by atomic mass is 9.97. The van der Waals surface area contributed by atoms with E-state index in [0.717, 1.165) is 106 Å². The molecule has 11 heterocycles. The molecule has 0 aliphatic rings. The summed E-state index contributed by atoms with van der Waals surface area (Å²) in [4.78, 5) is 4.53. The van der Waals surface area contributed by atoms with Crippen LogP contribution in [0.3, 0.4) is 0 Å².